The minimum Gasteiger partial charge on any atom is -0.125 e. The molecule has 0 atom stereocenters. The Hall–Kier alpha value is -1.00. The quantitative estimate of drug-likeness (QED) is 0.413. The molecule has 0 saturated carbocycles. The van der Waals surface area contributed by atoms with Crippen LogP contribution in [-0.4, -0.2) is 0 Å². The van der Waals surface area contributed by atoms with E-state index in [4.69, 9.17) is 0 Å². The molecular formula is C8H8. The highest BCUT2D eigenvalue weighted by Gasteiger charge is 1.68. The topological polar surface area (TPSA) is 0 Å². The van der Waals surface area contributed by atoms with Gasteiger partial charge in [-0.25, -0.2) is 0 Å². The van der Waals surface area contributed by atoms with Crippen molar-refractivity contribution in [3.8, 4) is 0 Å². The minimum absolute atomic E-state index is 1.00. The second kappa shape index (κ2) is 3.06. The summed E-state index contributed by atoms with van der Waals surface area (Å²) in [5.74, 6) is 0. The number of rotatable bonds is 0. The van der Waals surface area contributed by atoms with Gasteiger partial charge in [0, 0.05) is 0 Å². The Morgan fingerprint density at radius 2 is 2.12 bits per heavy atom. The van der Waals surface area contributed by atoms with Crippen LogP contribution in [-0.2, 0) is 0 Å². The van der Waals surface area contributed by atoms with E-state index in [-0.39, 0.29) is 0 Å². The molecule has 0 amide bonds. The first-order chi connectivity index (χ1) is 4.00. The summed E-state index contributed by atoms with van der Waals surface area (Å²) in [7, 11) is 0. The van der Waals surface area contributed by atoms with Gasteiger partial charge in [-0.3, -0.25) is 0 Å². The molecule has 1 rings (SSSR count). The van der Waals surface area contributed by atoms with Crippen molar-refractivity contribution in [1.82, 2.24) is 0 Å². The number of hydrogen-bond acceptors (Lipinski definition) is 0. The molecule has 0 nitrogen and oxygen atoms in total. The minimum atomic E-state index is 1.00. The molecular weight excluding hydrogens is 96.1 g/mol. The molecule has 0 heterocycles. The van der Waals surface area contributed by atoms with E-state index in [2.05, 4.69) is 11.8 Å². The lowest BCUT2D eigenvalue weighted by Gasteiger charge is -1.78. The first-order valence-electron chi connectivity index (χ1n) is 2.73. The fourth-order valence-corrected chi connectivity index (χ4v) is 0.537. The van der Waals surface area contributed by atoms with Gasteiger partial charge in [0.1, 0.15) is 0 Å². The lowest BCUT2D eigenvalue weighted by Crippen LogP contribution is -1.57. The normalized spacial score (nSPS) is 16.0. The zero-order chi connectivity index (χ0) is 5.66. The van der Waals surface area contributed by atoms with Gasteiger partial charge in [-0.05, 0) is 18.6 Å². The van der Waals surface area contributed by atoms with Crippen LogP contribution >= 0.6 is 0 Å². The first kappa shape index (κ1) is 5.14. The molecule has 0 radical (unpaired) electrons. The Morgan fingerprint density at radius 1 is 1.12 bits per heavy atom. The molecule has 0 N–H and O–H groups in total. The molecule has 1 aliphatic carbocycles. The van der Waals surface area contributed by atoms with Gasteiger partial charge in [-0.1, -0.05) is 24.3 Å². The molecule has 0 fully saturated rings. The molecule has 1 aliphatic rings. The highest BCUT2D eigenvalue weighted by atomic mass is 13.7. The molecule has 40 valence electrons. The monoisotopic (exact) mass is 104 g/mol. The van der Waals surface area contributed by atoms with Crippen LogP contribution in [0.3, 0.4) is 0 Å². The average molecular weight is 104 g/mol. The largest absolute Gasteiger partial charge is 0.125 e. The van der Waals surface area contributed by atoms with Crippen LogP contribution in [0.15, 0.2) is 42.2 Å². The molecule has 0 bridgehead atoms. The molecule has 0 aliphatic heterocycles. The Kier molecular flexibility index (Phi) is 1.97. The van der Waals surface area contributed by atoms with Crippen LogP contribution in [0.25, 0.3) is 0 Å². The van der Waals surface area contributed by atoms with Gasteiger partial charge >= 0.3 is 0 Å². The average Bonchev–Trinajstić information content (AvgIpc) is 1.62. The predicted octanol–water partition coefficient (Wildman–Crippen LogP) is 2.21. The fraction of sp³-hybridized carbons (Fsp3) is 0.125. The summed E-state index contributed by atoms with van der Waals surface area (Å²) in [6, 6.07) is 0. The lowest BCUT2D eigenvalue weighted by molar-refractivity contribution is 1.40. The van der Waals surface area contributed by atoms with E-state index in [1.54, 1.807) is 0 Å². The Balaban J connectivity index is 2.70. The van der Waals surface area contributed by atoms with Gasteiger partial charge < -0.3 is 0 Å². The second-order valence-corrected chi connectivity index (χ2v) is 1.59. The summed E-state index contributed by atoms with van der Waals surface area (Å²) in [4.78, 5) is 0. The SMILES string of the molecule is C1=CC=CC=CCC=1. The molecule has 0 aromatic heterocycles. The van der Waals surface area contributed by atoms with Crippen molar-refractivity contribution in [3.63, 3.8) is 0 Å². The smallest absolute Gasteiger partial charge is 0.00898 e. The van der Waals surface area contributed by atoms with E-state index in [0.717, 1.165) is 6.42 Å². The third-order valence-electron chi connectivity index (χ3n) is 0.923. The van der Waals surface area contributed by atoms with Gasteiger partial charge in [-0.2, -0.15) is 0 Å². The Bertz CT molecular complexity index is 164. The Morgan fingerprint density at radius 3 is 3.12 bits per heavy atom. The maximum absolute atomic E-state index is 3.00. The molecule has 0 unspecified atom stereocenters. The van der Waals surface area contributed by atoms with Crippen LogP contribution in [0.2, 0.25) is 0 Å². The summed E-state index contributed by atoms with van der Waals surface area (Å²) in [5, 5.41) is 0. The predicted molar refractivity (Wildman–Crippen MR) is 35.5 cm³/mol. The zero-order valence-corrected chi connectivity index (χ0v) is 4.67. The van der Waals surface area contributed by atoms with Crippen molar-refractivity contribution in [3.05, 3.63) is 42.2 Å². The van der Waals surface area contributed by atoms with E-state index in [1.807, 2.05) is 30.4 Å². The van der Waals surface area contributed by atoms with Gasteiger partial charge in [0.25, 0.3) is 0 Å². The summed E-state index contributed by atoms with van der Waals surface area (Å²) in [6.45, 7) is 0. The van der Waals surface area contributed by atoms with Crippen molar-refractivity contribution in [1.29, 1.82) is 0 Å². The Labute approximate surface area is 49.5 Å². The fourth-order valence-electron chi connectivity index (χ4n) is 0.537. The first-order valence-corrected chi connectivity index (χ1v) is 2.73. The van der Waals surface area contributed by atoms with E-state index in [1.165, 1.54) is 0 Å². The maximum atomic E-state index is 3.00. The van der Waals surface area contributed by atoms with Gasteiger partial charge in [0.05, 0.1) is 0 Å². The molecule has 0 aromatic rings. The van der Waals surface area contributed by atoms with E-state index >= 15 is 0 Å². The van der Waals surface area contributed by atoms with Crippen LogP contribution in [0, 0.1) is 0 Å². The summed E-state index contributed by atoms with van der Waals surface area (Å²) >= 11 is 0. The number of allylic oxidation sites excluding steroid dienone is 5. The lowest BCUT2D eigenvalue weighted by atomic mass is 10.3. The summed E-state index contributed by atoms with van der Waals surface area (Å²) in [6.07, 6.45) is 13.0. The highest BCUT2D eigenvalue weighted by Crippen LogP contribution is 1.88. The van der Waals surface area contributed by atoms with Crippen LogP contribution in [0.1, 0.15) is 6.42 Å². The van der Waals surface area contributed by atoms with Crippen molar-refractivity contribution in [2.24, 2.45) is 0 Å². The third-order valence-corrected chi connectivity index (χ3v) is 0.923. The molecule has 8 heavy (non-hydrogen) atoms. The van der Waals surface area contributed by atoms with Crippen LogP contribution in [0.5, 0.6) is 0 Å². The standard InChI is InChI=1S/C8H8/c1-2-4-6-8-7-5-3-1/h1-5,8H,6H2. The molecule has 0 saturated heterocycles. The van der Waals surface area contributed by atoms with Gasteiger partial charge in [0.2, 0.25) is 0 Å². The van der Waals surface area contributed by atoms with E-state index in [9.17, 15) is 0 Å². The van der Waals surface area contributed by atoms with Crippen molar-refractivity contribution >= 4 is 0 Å². The molecule has 0 aromatic carbocycles. The number of hydrogen-bond donors (Lipinski definition) is 0. The van der Waals surface area contributed by atoms with Crippen molar-refractivity contribution < 1.29 is 0 Å². The van der Waals surface area contributed by atoms with Crippen molar-refractivity contribution in [2.75, 3.05) is 0 Å². The highest BCUT2D eigenvalue weighted by molar-refractivity contribution is 5.14. The van der Waals surface area contributed by atoms with Crippen molar-refractivity contribution in [2.45, 2.75) is 6.42 Å². The van der Waals surface area contributed by atoms with E-state index in [0.29, 0.717) is 0 Å². The molecule has 0 heteroatoms. The summed E-state index contributed by atoms with van der Waals surface area (Å²) < 4.78 is 0. The maximum Gasteiger partial charge on any atom is -0.00898 e. The van der Waals surface area contributed by atoms with Crippen LogP contribution < -0.4 is 0 Å². The third kappa shape index (κ3) is 1.63. The van der Waals surface area contributed by atoms with Gasteiger partial charge in [-0.15, -0.1) is 5.73 Å². The van der Waals surface area contributed by atoms with E-state index < -0.39 is 0 Å². The van der Waals surface area contributed by atoms with Crippen LogP contribution in [0.4, 0.5) is 0 Å². The summed E-state index contributed by atoms with van der Waals surface area (Å²) in [5.41, 5.74) is 3.00. The van der Waals surface area contributed by atoms with Gasteiger partial charge in [0.15, 0.2) is 0 Å². The second-order valence-electron chi connectivity index (χ2n) is 1.59. The zero-order valence-electron chi connectivity index (χ0n) is 4.67. The molecule has 0 spiro atoms.